The highest BCUT2D eigenvalue weighted by Crippen LogP contribution is 2.23. The maximum Gasteiger partial charge on any atom is 0.244 e. The van der Waals surface area contributed by atoms with Crippen molar-refractivity contribution in [1.29, 1.82) is 5.26 Å². The van der Waals surface area contributed by atoms with Crippen molar-refractivity contribution in [2.45, 2.75) is 44.8 Å². The van der Waals surface area contributed by atoms with E-state index >= 15 is 0 Å². The van der Waals surface area contributed by atoms with E-state index in [2.05, 4.69) is 32.6 Å². The lowest BCUT2D eigenvalue weighted by Crippen LogP contribution is -2.45. The molecule has 0 radical (unpaired) electrons. The van der Waals surface area contributed by atoms with E-state index < -0.39 is 5.06 Å². The van der Waals surface area contributed by atoms with Crippen molar-refractivity contribution in [2.75, 3.05) is 6.54 Å². The standard InChI is InChI=1S/C9H18ClN2OP/c1-7(2)12(8(3)4)6-9(10,5-11)13-14/h7-8H,6,14H2,1-4H3. The number of nitrogens with zero attached hydrogens (tertiary/aromatic N) is 2. The van der Waals surface area contributed by atoms with E-state index in [-0.39, 0.29) is 0 Å². The molecule has 0 aliphatic heterocycles. The minimum Gasteiger partial charge on any atom is -0.330 e. The van der Waals surface area contributed by atoms with E-state index in [0.29, 0.717) is 18.6 Å². The predicted molar refractivity (Wildman–Crippen MR) is 62.0 cm³/mol. The molecule has 5 heteroatoms. The second-order valence-electron chi connectivity index (χ2n) is 3.82. The lowest BCUT2D eigenvalue weighted by Gasteiger charge is -2.34. The van der Waals surface area contributed by atoms with Gasteiger partial charge in [-0.05, 0) is 27.7 Å². The van der Waals surface area contributed by atoms with Crippen LogP contribution < -0.4 is 0 Å². The van der Waals surface area contributed by atoms with Crippen LogP contribution in [-0.4, -0.2) is 28.6 Å². The molecule has 0 aliphatic rings. The summed E-state index contributed by atoms with van der Waals surface area (Å²) in [5.74, 6) is 0. The summed E-state index contributed by atoms with van der Waals surface area (Å²) in [6.07, 6.45) is 0. The summed E-state index contributed by atoms with van der Waals surface area (Å²) in [5, 5.41) is 7.59. The van der Waals surface area contributed by atoms with Crippen molar-refractivity contribution in [3.63, 3.8) is 0 Å². The van der Waals surface area contributed by atoms with E-state index in [1.54, 1.807) is 0 Å². The third-order valence-electron chi connectivity index (χ3n) is 2.07. The average Bonchev–Trinajstić information content (AvgIpc) is 2.13. The van der Waals surface area contributed by atoms with E-state index in [1.807, 2.05) is 15.5 Å². The third-order valence-corrected chi connectivity index (χ3v) is 2.91. The smallest absolute Gasteiger partial charge is 0.244 e. The largest absolute Gasteiger partial charge is 0.330 e. The summed E-state index contributed by atoms with van der Waals surface area (Å²) < 4.78 is 4.90. The zero-order valence-corrected chi connectivity index (χ0v) is 11.0. The number of nitriles is 1. The van der Waals surface area contributed by atoms with Crippen molar-refractivity contribution in [3.05, 3.63) is 0 Å². The van der Waals surface area contributed by atoms with Gasteiger partial charge in [-0.2, -0.15) is 5.26 Å². The van der Waals surface area contributed by atoms with E-state index in [0.717, 1.165) is 0 Å². The summed E-state index contributed by atoms with van der Waals surface area (Å²) >= 11 is 5.95. The van der Waals surface area contributed by atoms with Crippen molar-refractivity contribution in [1.82, 2.24) is 4.90 Å². The number of rotatable bonds is 5. The molecule has 0 aromatic heterocycles. The summed E-state index contributed by atoms with van der Waals surface area (Å²) in [6.45, 7) is 8.66. The molecule has 0 rings (SSSR count). The van der Waals surface area contributed by atoms with Crippen molar-refractivity contribution in [3.8, 4) is 6.07 Å². The summed E-state index contributed by atoms with van der Waals surface area (Å²) in [7, 11) is 2.04. The maximum absolute atomic E-state index is 8.85. The minimum absolute atomic E-state index is 0.335. The Balaban J connectivity index is 4.52. The second-order valence-corrected chi connectivity index (χ2v) is 4.66. The van der Waals surface area contributed by atoms with Gasteiger partial charge in [-0.3, -0.25) is 4.90 Å². The van der Waals surface area contributed by atoms with Crippen LogP contribution in [0.5, 0.6) is 0 Å². The molecule has 82 valence electrons. The number of hydrogen-bond acceptors (Lipinski definition) is 3. The highest BCUT2D eigenvalue weighted by molar-refractivity contribution is 7.10. The number of alkyl halides is 1. The molecule has 3 nitrogen and oxygen atoms in total. The minimum atomic E-state index is -1.26. The third kappa shape index (κ3) is 4.11. The molecule has 0 aromatic rings. The molecular formula is C9H18ClN2OP. The van der Waals surface area contributed by atoms with Crippen molar-refractivity contribution in [2.24, 2.45) is 0 Å². The first-order chi connectivity index (χ1) is 6.36. The fraction of sp³-hybridized carbons (Fsp3) is 0.889. The van der Waals surface area contributed by atoms with E-state index in [4.69, 9.17) is 21.4 Å². The van der Waals surface area contributed by atoms with Gasteiger partial charge in [0.15, 0.2) is 0 Å². The normalized spacial score (nSPS) is 16.0. The molecule has 0 amide bonds. The zero-order chi connectivity index (χ0) is 11.4. The number of halogens is 1. The Morgan fingerprint density at radius 2 is 1.86 bits per heavy atom. The molecule has 0 fully saturated rings. The Morgan fingerprint density at radius 1 is 1.43 bits per heavy atom. The Kier molecular flexibility index (Phi) is 5.93. The van der Waals surface area contributed by atoms with Crippen LogP contribution in [0.2, 0.25) is 0 Å². The van der Waals surface area contributed by atoms with Gasteiger partial charge in [-0.15, -0.1) is 0 Å². The van der Waals surface area contributed by atoms with Crippen LogP contribution in [0.1, 0.15) is 27.7 Å². The first-order valence-electron chi connectivity index (χ1n) is 4.60. The van der Waals surface area contributed by atoms with E-state index in [9.17, 15) is 0 Å². The first-order valence-corrected chi connectivity index (χ1v) is 5.45. The Morgan fingerprint density at radius 3 is 2.07 bits per heavy atom. The van der Waals surface area contributed by atoms with Gasteiger partial charge in [0, 0.05) is 21.6 Å². The van der Waals surface area contributed by atoms with Crippen LogP contribution in [0.3, 0.4) is 0 Å². The van der Waals surface area contributed by atoms with E-state index in [1.165, 1.54) is 0 Å². The van der Waals surface area contributed by atoms with Crippen molar-refractivity contribution < 1.29 is 4.52 Å². The predicted octanol–water partition coefficient (Wildman–Crippen LogP) is 2.37. The Bertz CT molecular complexity index is 209. The quantitative estimate of drug-likeness (QED) is 0.543. The molecule has 0 aromatic carbocycles. The Hall–Kier alpha value is 0.130. The van der Waals surface area contributed by atoms with Gasteiger partial charge in [0.1, 0.15) is 6.07 Å². The lowest BCUT2D eigenvalue weighted by atomic mass is 10.2. The van der Waals surface area contributed by atoms with Crippen LogP contribution in [-0.2, 0) is 4.52 Å². The van der Waals surface area contributed by atoms with Gasteiger partial charge in [-0.1, -0.05) is 11.6 Å². The van der Waals surface area contributed by atoms with Crippen LogP contribution in [0, 0.1) is 11.3 Å². The molecule has 0 bridgehead atoms. The molecular weight excluding hydrogens is 219 g/mol. The van der Waals surface area contributed by atoms with Crippen LogP contribution in [0.15, 0.2) is 0 Å². The van der Waals surface area contributed by atoms with Gasteiger partial charge in [0.25, 0.3) is 0 Å². The molecule has 0 spiro atoms. The first kappa shape index (κ1) is 14.1. The van der Waals surface area contributed by atoms with Crippen LogP contribution in [0.25, 0.3) is 0 Å². The topological polar surface area (TPSA) is 36.3 Å². The monoisotopic (exact) mass is 236 g/mol. The fourth-order valence-electron chi connectivity index (χ4n) is 1.30. The Labute approximate surface area is 93.6 Å². The molecule has 2 atom stereocenters. The molecule has 14 heavy (non-hydrogen) atoms. The van der Waals surface area contributed by atoms with Crippen molar-refractivity contribution >= 4 is 21.1 Å². The van der Waals surface area contributed by atoms with Gasteiger partial charge in [-0.25, -0.2) is 0 Å². The average molecular weight is 237 g/mol. The summed E-state index contributed by atoms with van der Waals surface area (Å²) in [6, 6.07) is 2.62. The lowest BCUT2D eigenvalue weighted by molar-refractivity contribution is 0.106. The number of hydrogen-bond donors (Lipinski definition) is 0. The second kappa shape index (κ2) is 5.88. The van der Waals surface area contributed by atoms with Crippen LogP contribution in [0.4, 0.5) is 0 Å². The zero-order valence-electron chi connectivity index (χ0n) is 9.12. The van der Waals surface area contributed by atoms with Gasteiger partial charge >= 0.3 is 0 Å². The van der Waals surface area contributed by atoms with Gasteiger partial charge in [0.2, 0.25) is 5.06 Å². The molecule has 0 saturated heterocycles. The molecule has 0 N–H and O–H groups in total. The highest BCUT2D eigenvalue weighted by atomic mass is 35.5. The molecule has 2 unspecified atom stereocenters. The summed E-state index contributed by atoms with van der Waals surface area (Å²) in [5.41, 5.74) is 0. The molecule has 0 saturated carbocycles. The molecule has 0 heterocycles. The van der Waals surface area contributed by atoms with Crippen LogP contribution >= 0.6 is 21.1 Å². The SMILES string of the molecule is CC(C)N(CC(Cl)(C#N)OP)C(C)C. The van der Waals surface area contributed by atoms with Gasteiger partial charge in [0.05, 0.1) is 6.54 Å². The summed E-state index contributed by atoms with van der Waals surface area (Å²) in [4.78, 5) is 2.11. The fourth-order valence-corrected chi connectivity index (χ4v) is 1.56. The van der Waals surface area contributed by atoms with Gasteiger partial charge < -0.3 is 4.52 Å². The molecule has 0 aliphatic carbocycles. The maximum atomic E-state index is 8.85. The highest BCUT2D eigenvalue weighted by Gasteiger charge is 2.31.